The molecule has 1 aliphatic rings. The van der Waals surface area contributed by atoms with Crippen molar-refractivity contribution >= 4 is 21.4 Å². The van der Waals surface area contributed by atoms with Crippen LogP contribution in [0, 0.1) is 11.6 Å². The average molecular weight is 239 g/mol. The molecule has 0 aliphatic heterocycles. The van der Waals surface area contributed by atoms with Crippen LogP contribution in [0.2, 0.25) is 0 Å². The van der Waals surface area contributed by atoms with E-state index in [1.54, 1.807) is 0 Å². The van der Waals surface area contributed by atoms with Gasteiger partial charge in [0.1, 0.15) is 11.6 Å². The molecule has 0 atom stereocenters. The van der Waals surface area contributed by atoms with Gasteiger partial charge in [-0.2, -0.15) is 0 Å². The Balaban J connectivity index is 2.35. The monoisotopic (exact) mass is 239 g/mol. The number of hydrogen-bond acceptors (Lipinski definition) is 2. The fourth-order valence-corrected chi connectivity index (χ4v) is 3.32. The second-order valence-electron chi connectivity index (χ2n) is 4.18. The zero-order chi connectivity index (χ0) is 11.3. The van der Waals surface area contributed by atoms with E-state index < -0.39 is 11.6 Å². The third-order valence-corrected chi connectivity index (χ3v) is 4.25. The highest BCUT2D eigenvalue weighted by Crippen LogP contribution is 2.48. The molecule has 0 bridgehead atoms. The molecule has 1 heterocycles. The molecule has 84 valence electrons. The number of halogens is 2. The molecule has 0 amide bonds. The average Bonchev–Trinajstić information content (AvgIpc) is 3.00. The topological polar surface area (TPSA) is 26.0 Å². The van der Waals surface area contributed by atoms with Crippen LogP contribution < -0.4 is 5.73 Å². The molecule has 1 aromatic heterocycles. The highest BCUT2D eigenvalue weighted by molar-refractivity contribution is 7.19. The predicted molar refractivity (Wildman–Crippen MR) is 61.6 cm³/mol. The number of thiophene rings is 1. The van der Waals surface area contributed by atoms with E-state index >= 15 is 0 Å². The van der Waals surface area contributed by atoms with Gasteiger partial charge in [-0.25, -0.2) is 8.78 Å². The normalized spacial score (nSPS) is 15.9. The standard InChI is InChI=1S/C12H11F2NS/c13-7-3-8-11(6-1-2-6)10(5-15)16-12(8)9(14)4-7/h3-4,6H,1-2,5,15H2. The SMILES string of the molecule is NCc1sc2c(F)cc(F)cc2c1C1CC1. The molecule has 2 aromatic rings. The van der Waals surface area contributed by atoms with Gasteiger partial charge >= 0.3 is 0 Å². The summed E-state index contributed by atoms with van der Waals surface area (Å²) in [4.78, 5) is 1.00. The maximum atomic E-state index is 13.6. The van der Waals surface area contributed by atoms with Crippen molar-refractivity contribution in [3.05, 3.63) is 34.2 Å². The van der Waals surface area contributed by atoms with Crippen LogP contribution in [-0.4, -0.2) is 0 Å². The lowest BCUT2D eigenvalue weighted by Gasteiger charge is -2.00. The van der Waals surface area contributed by atoms with Crippen LogP contribution in [0.5, 0.6) is 0 Å². The summed E-state index contributed by atoms with van der Waals surface area (Å²) in [6.07, 6.45) is 2.22. The molecule has 2 N–H and O–H groups in total. The minimum Gasteiger partial charge on any atom is -0.326 e. The van der Waals surface area contributed by atoms with Crippen molar-refractivity contribution in [2.24, 2.45) is 5.73 Å². The molecule has 1 saturated carbocycles. The van der Waals surface area contributed by atoms with Gasteiger partial charge in [-0.15, -0.1) is 11.3 Å². The van der Waals surface area contributed by atoms with Gasteiger partial charge in [0.15, 0.2) is 0 Å². The van der Waals surface area contributed by atoms with Gasteiger partial charge in [-0.05, 0) is 30.4 Å². The van der Waals surface area contributed by atoms with Crippen LogP contribution in [0.4, 0.5) is 8.78 Å². The van der Waals surface area contributed by atoms with Crippen molar-refractivity contribution in [3.63, 3.8) is 0 Å². The quantitative estimate of drug-likeness (QED) is 0.852. The summed E-state index contributed by atoms with van der Waals surface area (Å²) >= 11 is 1.36. The first-order valence-electron chi connectivity index (χ1n) is 5.31. The number of nitrogens with two attached hydrogens (primary N) is 1. The van der Waals surface area contributed by atoms with E-state index in [1.165, 1.54) is 17.4 Å². The minimum atomic E-state index is -0.506. The summed E-state index contributed by atoms with van der Waals surface area (Å²) in [6.45, 7) is 0.409. The Labute approximate surface area is 95.9 Å². The summed E-state index contributed by atoms with van der Waals surface area (Å²) in [6, 6.07) is 2.37. The second kappa shape index (κ2) is 3.50. The summed E-state index contributed by atoms with van der Waals surface area (Å²) in [5, 5.41) is 0.727. The van der Waals surface area contributed by atoms with Gasteiger partial charge < -0.3 is 5.73 Å². The molecule has 0 saturated heterocycles. The van der Waals surface area contributed by atoms with E-state index in [2.05, 4.69) is 0 Å². The van der Waals surface area contributed by atoms with Gasteiger partial charge in [0.25, 0.3) is 0 Å². The van der Waals surface area contributed by atoms with Gasteiger partial charge in [0, 0.05) is 22.9 Å². The molecule has 1 aliphatic carbocycles. The van der Waals surface area contributed by atoms with E-state index in [4.69, 9.17) is 5.73 Å². The smallest absolute Gasteiger partial charge is 0.143 e. The zero-order valence-corrected chi connectivity index (χ0v) is 9.41. The highest BCUT2D eigenvalue weighted by atomic mass is 32.1. The van der Waals surface area contributed by atoms with E-state index in [0.29, 0.717) is 17.2 Å². The fraction of sp³-hybridized carbons (Fsp3) is 0.333. The van der Waals surface area contributed by atoms with Crippen molar-refractivity contribution in [1.29, 1.82) is 0 Å². The number of benzene rings is 1. The maximum absolute atomic E-state index is 13.6. The van der Waals surface area contributed by atoms with Crippen LogP contribution in [-0.2, 0) is 6.54 Å². The van der Waals surface area contributed by atoms with Gasteiger partial charge in [0.05, 0.1) is 4.70 Å². The molecule has 1 aromatic carbocycles. The largest absolute Gasteiger partial charge is 0.326 e. The van der Waals surface area contributed by atoms with Crippen LogP contribution in [0.1, 0.15) is 29.2 Å². The molecular weight excluding hydrogens is 228 g/mol. The van der Waals surface area contributed by atoms with Crippen molar-refractivity contribution in [1.82, 2.24) is 0 Å². The van der Waals surface area contributed by atoms with Crippen molar-refractivity contribution < 1.29 is 8.78 Å². The number of rotatable bonds is 2. The van der Waals surface area contributed by atoms with E-state index in [0.717, 1.165) is 34.7 Å². The van der Waals surface area contributed by atoms with Crippen LogP contribution in [0.3, 0.4) is 0 Å². The van der Waals surface area contributed by atoms with Gasteiger partial charge in [-0.3, -0.25) is 0 Å². The van der Waals surface area contributed by atoms with Crippen LogP contribution in [0.15, 0.2) is 12.1 Å². The number of fused-ring (bicyclic) bond motifs is 1. The molecule has 0 radical (unpaired) electrons. The summed E-state index contributed by atoms with van der Waals surface area (Å²) < 4.78 is 27.3. The Kier molecular flexibility index (Phi) is 2.23. The molecule has 4 heteroatoms. The Hall–Kier alpha value is -1.00. The first kappa shape index (κ1) is 10.2. The molecule has 16 heavy (non-hydrogen) atoms. The molecule has 1 fully saturated rings. The lowest BCUT2D eigenvalue weighted by Crippen LogP contribution is -1.96. The van der Waals surface area contributed by atoms with Crippen LogP contribution in [0.25, 0.3) is 10.1 Å². The lowest BCUT2D eigenvalue weighted by atomic mass is 10.1. The Morgan fingerprint density at radius 3 is 2.69 bits per heavy atom. The van der Waals surface area contributed by atoms with E-state index in [-0.39, 0.29) is 0 Å². The van der Waals surface area contributed by atoms with Crippen molar-refractivity contribution in [2.45, 2.75) is 25.3 Å². The minimum absolute atomic E-state index is 0.409. The first-order chi connectivity index (χ1) is 7.70. The van der Waals surface area contributed by atoms with Crippen molar-refractivity contribution in [2.75, 3.05) is 0 Å². The third kappa shape index (κ3) is 1.44. The Bertz CT molecular complexity index is 558. The predicted octanol–water partition coefficient (Wildman–Crippen LogP) is 3.52. The molecule has 0 unspecified atom stereocenters. The zero-order valence-electron chi connectivity index (χ0n) is 8.59. The van der Waals surface area contributed by atoms with Crippen LogP contribution >= 0.6 is 11.3 Å². The maximum Gasteiger partial charge on any atom is 0.143 e. The Morgan fingerprint density at radius 2 is 2.06 bits per heavy atom. The fourth-order valence-electron chi connectivity index (χ4n) is 2.16. The Morgan fingerprint density at radius 1 is 1.31 bits per heavy atom. The summed E-state index contributed by atoms with van der Waals surface area (Å²) in [5.74, 6) is -0.511. The summed E-state index contributed by atoms with van der Waals surface area (Å²) in [5.41, 5.74) is 6.75. The number of hydrogen-bond donors (Lipinski definition) is 1. The molecule has 1 nitrogen and oxygen atoms in total. The van der Waals surface area contributed by atoms with E-state index in [9.17, 15) is 8.78 Å². The molecule has 3 rings (SSSR count). The van der Waals surface area contributed by atoms with Gasteiger partial charge in [0.2, 0.25) is 0 Å². The van der Waals surface area contributed by atoms with Gasteiger partial charge in [-0.1, -0.05) is 0 Å². The molecule has 0 spiro atoms. The second-order valence-corrected chi connectivity index (χ2v) is 5.29. The summed E-state index contributed by atoms with van der Waals surface area (Å²) in [7, 11) is 0. The molecular formula is C12H11F2NS. The van der Waals surface area contributed by atoms with E-state index in [1.807, 2.05) is 0 Å². The first-order valence-corrected chi connectivity index (χ1v) is 6.12. The highest BCUT2D eigenvalue weighted by Gasteiger charge is 2.30. The van der Waals surface area contributed by atoms with Crippen molar-refractivity contribution in [3.8, 4) is 0 Å². The lowest BCUT2D eigenvalue weighted by molar-refractivity contribution is 0.593. The third-order valence-electron chi connectivity index (χ3n) is 3.00.